The molecule has 0 saturated carbocycles. The molecule has 1 aliphatic rings. The topological polar surface area (TPSA) is 117 Å². The van der Waals surface area contributed by atoms with Crippen molar-refractivity contribution in [3.8, 4) is 10.4 Å². The predicted molar refractivity (Wildman–Crippen MR) is 100 cm³/mol. The Kier molecular flexibility index (Phi) is 5.80. The van der Waals surface area contributed by atoms with Gasteiger partial charge in [0.15, 0.2) is 0 Å². The van der Waals surface area contributed by atoms with Crippen molar-refractivity contribution in [3.63, 3.8) is 0 Å². The molecule has 10 heteroatoms. The summed E-state index contributed by atoms with van der Waals surface area (Å²) in [5.74, 6) is -1.00. The van der Waals surface area contributed by atoms with Crippen LogP contribution in [0.1, 0.15) is 32.1 Å². The molecule has 9 nitrogen and oxygen atoms in total. The third-order valence-corrected chi connectivity index (χ3v) is 5.38. The van der Waals surface area contributed by atoms with Crippen molar-refractivity contribution >= 4 is 23.3 Å². The summed E-state index contributed by atoms with van der Waals surface area (Å²) in [6, 6.07) is 1.88. The average Bonchev–Trinajstić information content (AvgIpc) is 3.19. The molecule has 0 spiro atoms. The molecule has 0 bridgehead atoms. The number of rotatable bonds is 5. The standard InChI is InChI=1S/C18H20N2O7S/c1-9-4-5-28-16(9)12-7-20(18(24)19-17(12)23)15-6-13(26-11(3)22)14(27-15)8-25-10(2)21/h4-5,7,13-15H,6,8H2,1-3H3,(H,19,23,24)/t13-,14+,15+/m0/s1. The van der Waals surface area contributed by atoms with Gasteiger partial charge in [-0.05, 0) is 23.9 Å². The van der Waals surface area contributed by atoms with Crippen molar-refractivity contribution in [2.24, 2.45) is 0 Å². The van der Waals surface area contributed by atoms with Crippen LogP contribution in [-0.4, -0.2) is 40.3 Å². The molecule has 1 fully saturated rings. The SMILES string of the molecule is CC(=O)OC[C@H]1O[C@@H](n2cc(-c3sccc3C)c(=O)[nH]c2=O)C[C@@H]1OC(C)=O. The molecular formula is C18H20N2O7S. The van der Waals surface area contributed by atoms with Gasteiger partial charge in [0.05, 0.1) is 5.56 Å². The number of nitrogens with zero attached hydrogens (tertiary/aromatic N) is 1. The molecule has 3 heterocycles. The lowest BCUT2D eigenvalue weighted by Crippen LogP contribution is -2.33. The van der Waals surface area contributed by atoms with E-state index in [-0.39, 0.29) is 13.0 Å². The van der Waals surface area contributed by atoms with Crippen molar-refractivity contribution in [1.29, 1.82) is 0 Å². The second kappa shape index (κ2) is 8.11. The molecule has 28 heavy (non-hydrogen) atoms. The summed E-state index contributed by atoms with van der Waals surface area (Å²) in [7, 11) is 0. The van der Waals surface area contributed by atoms with E-state index >= 15 is 0 Å². The fourth-order valence-electron chi connectivity index (χ4n) is 3.07. The first-order valence-electron chi connectivity index (χ1n) is 8.62. The second-order valence-electron chi connectivity index (χ2n) is 6.46. The molecule has 0 aliphatic carbocycles. The van der Waals surface area contributed by atoms with E-state index in [1.807, 2.05) is 18.4 Å². The number of hydrogen-bond acceptors (Lipinski definition) is 8. The van der Waals surface area contributed by atoms with E-state index in [1.165, 1.54) is 35.9 Å². The van der Waals surface area contributed by atoms with Gasteiger partial charge in [-0.2, -0.15) is 0 Å². The largest absolute Gasteiger partial charge is 0.463 e. The number of aryl methyl sites for hydroxylation is 1. The summed E-state index contributed by atoms with van der Waals surface area (Å²) in [6.45, 7) is 4.28. The zero-order valence-corrected chi connectivity index (χ0v) is 16.4. The van der Waals surface area contributed by atoms with Gasteiger partial charge in [0, 0.05) is 31.3 Å². The number of aromatic amines is 1. The maximum atomic E-state index is 12.4. The van der Waals surface area contributed by atoms with E-state index < -0.39 is 41.6 Å². The smallest absolute Gasteiger partial charge is 0.330 e. The fourth-order valence-corrected chi connectivity index (χ4v) is 4.00. The Bertz CT molecular complexity index is 1010. The van der Waals surface area contributed by atoms with Crippen LogP contribution < -0.4 is 11.2 Å². The van der Waals surface area contributed by atoms with E-state index in [2.05, 4.69) is 4.98 Å². The second-order valence-corrected chi connectivity index (χ2v) is 7.37. The zero-order chi connectivity index (χ0) is 20.4. The highest BCUT2D eigenvalue weighted by Crippen LogP contribution is 2.32. The van der Waals surface area contributed by atoms with Crippen LogP contribution in [0.3, 0.4) is 0 Å². The highest BCUT2D eigenvalue weighted by molar-refractivity contribution is 7.13. The summed E-state index contributed by atoms with van der Waals surface area (Å²) in [4.78, 5) is 50.2. The number of carbonyl (C=O) groups excluding carboxylic acids is 2. The van der Waals surface area contributed by atoms with Crippen LogP contribution in [0.2, 0.25) is 0 Å². The van der Waals surface area contributed by atoms with Gasteiger partial charge in [0.2, 0.25) is 0 Å². The number of esters is 2. The third kappa shape index (κ3) is 4.23. The van der Waals surface area contributed by atoms with Crippen molar-refractivity contribution in [1.82, 2.24) is 9.55 Å². The minimum absolute atomic E-state index is 0.112. The number of carbonyl (C=O) groups is 2. The highest BCUT2D eigenvalue weighted by Gasteiger charge is 2.39. The molecular weight excluding hydrogens is 388 g/mol. The van der Waals surface area contributed by atoms with Crippen LogP contribution in [0, 0.1) is 6.92 Å². The van der Waals surface area contributed by atoms with Crippen LogP contribution in [0.5, 0.6) is 0 Å². The van der Waals surface area contributed by atoms with Crippen LogP contribution in [0.4, 0.5) is 0 Å². The van der Waals surface area contributed by atoms with Crippen molar-refractivity contribution < 1.29 is 23.8 Å². The first kappa shape index (κ1) is 20.0. The van der Waals surface area contributed by atoms with Crippen molar-refractivity contribution in [2.45, 2.75) is 45.6 Å². The van der Waals surface area contributed by atoms with Gasteiger partial charge in [0.1, 0.15) is 25.0 Å². The summed E-state index contributed by atoms with van der Waals surface area (Å²) >= 11 is 1.39. The lowest BCUT2D eigenvalue weighted by Gasteiger charge is -2.17. The highest BCUT2D eigenvalue weighted by atomic mass is 32.1. The third-order valence-electron chi connectivity index (χ3n) is 4.33. The molecule has 150 valence electrons. The zero-order valence-electron chi connectivity index (χ0n) is 15.6. The maximum absolute atomic E-state index is 12.4. The molecule has 0 radical (unpaired) electrons. The van der Waals surface area contributed by atoms with Crippen LogP contribution in [-0.2, 0) is 23.8 Å². The molecule has 0 unspecified atom stereocenters. The Morgan fingerprint density at radius 3 is 2.68 bits per heavy atom. The minimum Gasteiger partial charge on any atom is -0.463 e. The van der Waals surface area contributed by atoms with E-state index in [9.17, 15) is 19.2 Å². The van der Waals surface area contributed by atoms with Crippen LogP contribution in [0.25, 0.3) is 10.4 Å². The lowest BCUT2D eigenvalue weighted by atomic mass is 10.1. The van der Waals surface area contributed by atoms with Crippen molar-refractivity contribution in [2.75, 3.05) is 6.61 Å². The molecule has 2 aromatic heterocycles. The Morgan fingerprint density at radius 2 is 2.07 bits per heavy atom. The molecule has 0 amide bonds. The number of hydrogen-bond donors (Lipinski definition) is 1. The maximum Gasteiger partial charge on any atom is 0.330 e. The molecule has 0 aromatic carbocycles. The van der Waals surface area contributed by atoms with E-state index in [0.717, 1.165) is 10.4 Å². The van der Waals surface area contributed by atoms with E-state index in [1.54, 1.807) is 0 Å². The summed E-state index contributed by atoms with van der Waals surface area (Å²) < 4.78 is 17.3. The molecule has 1 aliphatic heterocycles. The minimum atomic E-state index is -0.784. The fraction of sp³-hybridized carbons (Fsp3) is 0.444. The molecule has 1 N–H and O–H groups in total. The molecule has 3 rings (SSSR count). The Balaban J connectivity index is 1.93. The van der Waals surface area contributed by atoms with Crippen molar-refractivity contribution in [3.05, 3.63) is 44.0 Å². The Hall–Kier alpha value is -2.72. The van der Waals surface area contributed by atoms with Crippen LogP contribution >= 0.6 is 11.3 Å². The lowest BCUT2D eigenvalue weighted by molar-refractivity contribution is -0.155. The monoisotopic (exact) mass is 408 g/mol. The van der Waals surface area contributed by atoms with Gasteiger partial charge in [0.25, 0.3) is 5.56 Å². The number of ether oxygens (including phenoxy) is 3. The summed E-state index contributed by atoms with van der Waals surface area (Å²) in [5.41, 5.74) is 0.141. The number of nitrogens with one attached hydrogen (secondary N) is 1. The molecule has 3 atom stereocenters. The van der Waals surface area contributed by atoms with Gasteiger partial charge < -0.3 is 14.2 Å². The first-order valence-corrected chi connectivity index (χ1v) is 9.50. The van der Waals surface area contributed by atoms with E-state index in [4.69, 9.17) is 14.2 Å². The Labute approximate surface area is 163 Å². The van der Waals surface area contributed by atoms with Gasteiger partial charge in [-0.15, -0.1) is 11.3 Å². The number of aromatic nitrogens is 2. The number of H-pyrrole nitrogens is 1. The predicted octanol–water partition coefficient (Wildman–Crippen LogP) is 1.36. The average molecular weight is 408 g/mol. The molecule has 1 saturated heterocycles. The van der Waals surface area contributed by atoms with Gasteiger partial charge >= 0.3 is 17.6 Å². The Morgan fingerprint density at radius 1 is 1.32 bits per heavy atom. The van der Waals surface area contributed by atoms with Gasteiger partial charge in [-0.3, -0.25) is 23.9 Å². The molecule has 2 aromatic rings. The van der Waals surface area contributed by atoms with Gasteiger partial charge in [-0.1, -0.05) is 0 Å². The van der Waals surface area contributed by atoms with Gasteiger partial charge in [-0.25, -0.2) is 4.79 Å². The quantitative estimate of drug-likeness (QED) is 0.742. The number of thiophene rings is 1. The van der Waals surface area contributed by atoms with Crippen LogP contribution in [0.15, 0.2) is 27.2 Å². The summed E-state index contributed by atoms with van der Waals surface area (Å²) in [5, 5.41) is 1.86. The first-order chi connectivity index (χ1) is 13.3. The summed E-state index contributed by atoms with van der Waals surface area (Å²) in [6.07, 6.45) is -0.561. The normalized spacial score (nSPS) is 21.5. The van der Waals surface area contributed by atoms with E-state index in [0.29, 0.717) is 5.56 Å².